The quantitative estimate of drug-likeness (QED) is 0.0808. The number of rotatable bonds is 20. The van der Waals surface area contributed by atoms with E-state index in [2.05, 4.69) is 18.8 Å². The Morgan fingerprint density at radius 1 is 0.625 bits per heavy atom. The number of hydrogen-bond donors (Lipinski definition) is 0. The van der Waals surface area contributed by atoms with Crippen LogP contribution in [-0.4, -0.2) is 17.6 Å². The second-order valence-electron chi connectivity index (χ2n) is 10.8. The van der Waals surface area contributed by atoms with Crippen LogP contribution in [0.15, 0.2) is 66.9 Å². The number of carbonyl (C=O) groups is 1. The standard InChI is InChI=1S/C36H49NO3/c1-3-5-7-9-10-11-12-13-14-16-28-39-34-26-27-35(37-29-34)31-22-24-33(25-23-31)40-36(38)32-20-18-30(19-21-32)17-15-8-6-4-2/h18-27,29H,3-17,28H2,1-2H3. The van der Waals surface area contributed by atoms with E-state index < -0.39 is 0 Å². The van der Waals surface area contributed by atoms with Crippen molar-refractivity contribution in [1.29, 1.82) is 0 Å². The number of nitrogens with zero attached hydrogens (tertiary/aromatic N) is 1. The zero-order valence-electron chi connectivity index (χ0n) is 24.8. The summed E-state index contributed by atoms with van der Waals surface area (Å²) >= 11 is 0. The van der Waals surface area contributed by atoms with Crippen LogP contribution in [0.4, 0.5) is 0 Å². The highest BCUT2D eigenvalue weighted by atomic mass is 16.5. The van der Waals surface area contributed by atoms with Gasteiger partial charge in [-0.2, -0.15) is 0 Å². The molecule has 0 unspecified atom stereocenters. The lowest BCUT2D eigenvalue weighted by Gasteiger charge is -2.08. The Morgan fingerprint density at radius 3 is 1.80 bits per heavy atom. The molecule has 0 amide bonds. The molecule has 0 aliphatic heterocycles. The van der Waals surface area contributed by atoms with Gasteiger partial charge in [0, 0.05) is 5.56 Å². The molecule has 0 radical (unpaired) electrons. The summed E-state index contributed by atoms with van der Waals surface area (Å²) < 4.78 is 11.5. The zero-order valence-corrected chi connectivity index (χ0v) is 24.8. The monoisotopic (exact) mass is 543 g/mol. The summed E-state index contributed by atoms with van der Waals surface area (Å²) in [6.45, 7) is 5.22. The van der Waals surface area contributed by atoms with Crippen LogP contribution in [0.1, 0.15) is 120 Å². The van der Waals surface area contributed by atoms with Gasteiger partial charge in [0.25, 0.3) is 0 Å². The summed E-state index contributed by atoms with van der Waals surface area (Å²) in [6, 6.07) is 19.2. The van der Waals surface area contributed by atoms with Crippen LogP contribution < -0.4 is 9.47 Å². The normalized spacial score (nSPS) is 10.9. The first-order valence-electron chi connectivity index (χ1n) is 15.7. The van der Waals surface area contributed by atoms with Crippen molar-refractivity contribution in [2.24, 2.45) is 0 Å². The van der Waals surface area contributed by atoms with E-state index in [4.69, 9.17) is 9.47 Å². The lowest BCUT2D eigenvalue weighted by molar-refractivity contribution is 0.0734. The van der Waals surface area contributed by atoms with E-state index in [1.54, 1.807) is 6.20 Å². The minimum Gasteiger partial charge on any atom is -0.492 e. The summed E-state index contributed by atoms with van der Waals surface area (Å²) in [5, 5.41) is 0. The first kappa shape index (κ1) is 31.4. The summed E-state index contributed by atoms with van der Waals surface area (Å²) in [5.41, 5.74) is 3.66. The Hall–Kier alpha value is -3.14. The molecule has 0 saturated carbocycles. The van der Waals surface area contributed by atoms with Gasteiger partial charge in [-0.3, -0.25) is 4.98 Å². The fourth-order valence-electron chi connectivity index (χ4n) is 4.84. The van der Waals surface area contributed by atoms with Gasteiger partial charge in [-0.25, -0.2) is 4.79 Å². The Balaban J connectivity index is 1.35. The van der Waals surface area contributed by atoms with Gasteiger partial charge in [0.15, 0.2) is 0 Å². The average molecular weight is 544 g/mol. The fourth-order valence-corrected chi connectivity index (χ4v) is 4.84. The molecule has 0 atom stereocenters. The number of esters is 1. The maximum atomic E-state index is 12.6. The highest BCUT2D eigenvalue weighted by Crippen LogP contribution is 2.23. The number of unbranched alkanes of at least 4 members (excludes halogenated alkanes) is 12. The Bertz CT molecular complexity index is 1070. The van der Waals surface area contributed by atoms with Crippen molar-refractivity contribution in [1.82, 2.24) is 4.98 Å². The van der Waals surface area contributed by atoms with Crippen LogP contribution in [-0.2, 0) is 6.42 Å². The number of hydrogen-bond acceptors (Lipinski definition) is 4. The van der Waals surface area contributed by atoms with Crippen LogP contribution in [0.2, 0.25) is 0 Å². The van der Waals surface area contributed by atoms with Gasteiger partial charge in [-0.15, -0.1) is 0 Å². The number of pyridine rings is 1. The molecule has 40 heavy (non-hydrogen) atoms. The number of aromatic nitrogens is 1. The molecule has 4 nitrogen and oxygen atoms in total. The van der Waals surface area contributed by atoms with Crippen molar-refractivity contribution < 1.29 is 14.3 Å². The molecule has 0 aliphatic carbocycles. The predicted octanol–water partition coefficient (Wildman–Crippen LogP) is 10.4. The molecular weight excluding hydrogens is 494 g/mol. The molecule has 0 spiro atoms. The molecule has 3 aromatic rings. The van der Waals surface area contributed by atoms with Crippen LogP contribution in [0.3, 0.4) is 0 Å². The Morgan fingerprint density at radius 2 is 1.20 bits per heavy atom. The SMILES string of the molecule is CCCCCCCCCCCCOc1ccc(-c2ccc(OC(=O)c3ccc(CCCCCC)cc3)cc2)nc1. The number of aryl methyl sites for hydroxylation is 1. The van der Waals surface area contributed by atoms with Gasteiger partial charge in [-0.05, 0) is 73.4 Å². The maximum absolute atomic E-state index is 12.6. The highest BCUT2D eigenvalue weighted by molar-refractivity contribution is 5.91. The minimum absolute atomic E-state index is 0.340. The van der Waals surface area contributed by atoms with Crippen LogP contribution in [0.5, 0.6) is 11.5 Å². The summed E-state index contributed by atoms with van der Waals surface area (Å²) in [6.07, 6.45) is 21.0. The van der Waals surface area contributed by atoms with E-state index in [-0.39, 0.29) is 5.97 Å². The van der Waals surface area contributed by atoms with E-state index >= 15 is 0 Å². The number of benzene rings is 2. The first-order chi connectivity index (χ1) is 19.7. The lowest BCUT2D eigenvalue weighted by atomic mass is 10.0. The minimum atomic E-state index is -0.340. The molecule has 2 aromatic carbocycles. The van der Waals surface area contributed by atoms with Gasteiger partial charge in [0.2, 0.25) is 0 Å². The summed E-state index contributed by atoms with van der Waals surface area (Å²) in [4.78, 5) is 17.2. The second-order valence-corrected chi connectivity index (χ2v) is 10.8. The van der Waals surface area contributed by atoms with Crippen LogP contribution in [0, 0.1) is 0 Å². The first-order valence-corrected chi connectivity index (χ1v) is 15.7. The zero-order chi connectivity index (χ0) is 28.3. The van der Waals surface area contributed by atoms with Crippen molar-refractivity contribution in [3.05, 3.63) is 78.0 Å². The number of carbonyl (C=O) groups excluding carboxylic acids is 1. The topological polar surface area (TPSA) is 48.4 Å². The highest BCUT2D eigenvalue weighted by Gasteiger charge is 2.09. The molecule has 0 saturated heterocycles. The molecule has 0 fully saturated rings. The molecule has 0 N–H and O–H groups in total. The average Bonchev–Trinajstić information content (AvgIpc) is 2.99. The summed E-state index contributed by atoms with van der Waals surface area (Å²) in [7, 11) is 0. The molecule has 216 valence electrons. The molecular formula is C36H49NO3. The van der Waals surface area contributed by atoms with Crippen molar-refractivity contribution >= 4 is 5.97 Å². The van der Waals surface area contributed by atoms with Crippen molar-refractivity contribution in [2.45, 2.75) is 110 Å². The predicted molar refractivity (Wildman–Crippen MR) is 166 cm³/mol. The molecule has 4 heteroatoms. The largest absolute Gasteiger partial charge is 0.492 e. The molecule has 3 rings (SSSR count). The van der Waals surface area contributed by atoms with E-state index in [9.17, 15) is 4.79 Å². The van der Waals surface area contributed by atoms with Gasteiger partial charge >= 0.3 is 5.97 Å². The van der Waals surface area contributed by atoms with Crippen molar-refractivity contribution in [3.63, 3.8) is 0 Å². The smallest absolute Gasteiger partial charge is 0.343 e. The summed E-state index contributed by atoms with van der Waals surface area (Å²) in [5.74, 6) is 0.985. The number of ether oxygens (including phenoxy) is 2. The van der Waals surface area contributed by atoms with Crippen molar-refractivity contribution in [2.75, 3.05) is 6.61 Å². The third-order valence-electron chi connectivity index (χ3n) is 7.37. The second kappa shape index (κ2) is 19.0. The van der Waals surface area contributed by atoms with E-state index in [0.29, 0.717) is 11.3 Å². The van der Waals surface area contributed by atoms with Crippen molar-refractivity contribution in [3.8, 4) is 22.8 Å². The van der Waals surface area contributed by atoms with Gasteiger partial charge < -0.3 is 9.47 Å². The lowest BCUT2D eigenvalue weighted by Crippen LogP contribution is -2.08. The van der Waals surface area contributed by atoms with E-state index in [1.165, 1.54) is 89.0 Å². The van der Waals surface area contributed by atoms with E-state index in [1.807, 2.05) is 60.7 Å². The fraction of sp³-hybridized carbons (Fsp3) is 0.500. The van der Waals surface area contributed by atoms with Gasteiger partial charge in [0.1, 0.15) is 11.5 Å². The maximum Gasteiger partial charge on any atom is 0.343 e. The van der Waals surface area contributed by atoms with Gasteiger partial charge in [-0.1, -0.05) is 103 Å². The van der Waals surface area contributed by atoms with Gasteiger partial charge in [0.05, 0.1) is 24.1 Å². The van der Waals surface area contributed by atoms with Crippen LogP contribution >= 0.6 is 0 Å². The molecule has 0 aliphatic rings. The third-order valence-corrected chi connectivity index (χ3v) is 7.37. The van der Waals surface area contributed by atoms with Crippen LogP contribution in [0.25, 0.3) is 11.3 Å². The third kappa shape index (κ3) is 11.9. The molecule has 1 heterocycles. The molecule has 1 aromatic heterocycles. The Labute approximate surface area is 242 Å². The Kier molecular flexibility index (Phi) is 14.9. The van der Waals surface area contributed by atoms with E-state index in [0.717, 1.165) is 36.5 Å². The molecule has 0 bridgehead atoms.